The van der Waals surface area contributed by atoms with Crippen molar-refractivity contribution >= 4 is 80.7 Å². The van der Waals surface area contributed by atoms with E-state index in [0.717, 1.165) is 123 Å². The average molecular weight is 999 g/mol. The summed E-state index contributed by atoms with van der Waals surface area (Å²) in [6.07, 6.45) is 15.6. The highest BCUT2D eigenvalue weighted by Gasteiger charge is 2.37. The Morgan fingerprint density at radius 2 is 0.829 bits per heavy atom. The maximum Gasteiger partial charge on any atom is 0.224 e. The summed E-state index contributed by atoms with van der Waals surface area (Å²) in [5.74, 6) is -0.926. The first kappa shape index (κ1) is 49.6. The Kier molecular flexibility index (Phi) is 14.4. The van der Waals surface area contributed by atoms with Crippen molar-refractivity contribution < 1.29 is 19.2 Å². The number of allylic oxidation sites excluding steroid dienone is 4. The van der Waals surface area contributed by atoms with E-state index in [9.17, 15) is 19.2 Å². The normalized spacial score (nSPS) is 22.0. The first-order valence-corrected chi connectivity index (χ1v) is 26.1. The van der Waals surface area contributed by atoms with Gasteiger partial charge in [0.1, 0.15) is 0 Å². The Hall–Kier alpha value is -5.41. The predicted octanol–water partition coefficient (Wildman–Crippen LogP) is 12.0. The second-order valence-corrected chi connectivity index (χ2v) is 21.9. The van der Waals surface area contributed by atoms with Crippen molar-refractivity contribution in [2.24, 2.45) is 46.6 Å². The molecule has 12 rings (SSSR count). The van der Waals surface area contributed by atoms with Gasteiger partial charge in [-0.15, -0.1) is 0 Å². The number of nitrogens with two attached hydrogens (primary N) is 4. The molecule has 0 heterocycles. The molecule has 0 radical (unpaired) electrons. The van der Waals surface area contributed by atoms with Gasteiger partial charge in [-0.3, -0.25) is 19.2 Å². The zero-order chi connectivity index (χ0) is 49.7. The van der Waals surface area contributed by atoms with Gasteiger partial charge < -0.3 is 22.9 Å². The number of hydrogen-bond acceptors (Lipinski definition) is 4. The van der Waals surface area contributed by atoms with Crippen LogP contribution in [0.2, 0.25) is 15.1 Å². The van der Waals surface area contributed by atoms with Crippen LogP contribution in [0.1, 0.15) is 138 Å². The number of fused-ring (bicyclic) bond motifs is 8. The van der Waals surface area contributed by atoms with Crippen LogP contribution in [0.3, 0.4) is 0 Å². The van der Waals surface area contributed by atoms with Gasteiger partial charge in [0.15, 0.2) is 0 Å². The summed E-state index contributed by atoms with van der Waals surface area (Å²) in [6, 6.07) is 20.8. The van der Waals surface area contributed by atoms with Crippen molar-refractivity contribution in [1.82, 2.24) is 0 Å². The Balaban J connectivity index is 0.000000116. The fourth-order valence-corrected chi connectivity index (χ4v) is 13.5. The highest BCUT2D eigenvalue weighted by Crippen LogP contribution is 2.49. The lowest BCUT2D eigenvalue weighted by Crippen LogP contribution is -2.27. The molecule has 8 nitrogen and oxygen atoms in total. The highest BCUT2D eigenvalue weighted by molar-refractivity contribution is 6.32. The summed E-state index contributed by atoms with van der Waals surface area (Å²) in [5.41, 5.74) is 46.4. The SMILES string of the molecule is Cc1cc(Cl)cc2c1CC1=C2CCCC1C(N)=O.Cc1cc2c(cc1Cl)C1=C(C2)C(C(N)=O)CCC1.Cc1ccc2c(c1)C1=C(C2)C(C(N)=O)CCC1.NC(=O)C1CCCC2=C1Cc1ccc(Cl)cc12. The monoisotopic (exact) mass is 996 g/mol. The fourth-order valence-electron chi connectivity index (χ4n) is 12.9. The van der Waals surface area contributed by atoms with Gasteiger partial charge in [-0.25, -0.2) is 0 Å². The van der Waals surface area contributed by atoms with E-state index in [1.165, 1.54) is 100 Å². The molecule has 0 aromatic heterocycles. The molecule has 4 aromatic rings. The first-order valence-electron chi connectivity index (χ1n) is 25.0. The molecule has 0 fully saturated rings. The van der Waals surface area contributed by atoms with Crippen LogP contribution in [-0.4, -0.2) is 23.6 Å². The van der Waals surface area contributed by atoms with E-state index in [4.69, 9.17) is 57.7 Å². The van der Waals surface area contributed by atoms with Crippen LogP contribution < -0.4 is 22.9 Å². The van der Waals surface area contributed by atoms with E-state index in [1.807, 2.05) is 31.2 Å². The minimum Gasteiger partial charge on any atom is -0.369 e. The molecule has 0 spiro atoms. The van der Waals surface area contributed by atoms with Crippen molar-refractivity contribution in [3.63, 3.8) is 0 Å². The molecule has 364 valence electrons. The van der Waals surface area contributed by atoms with Gasteiger partial charge in [0.05, 0.1) is 23.7 Å². The maximum atomic E-state index is 11.6. The summed E-state index contributed by atoms with van der Waals surface area (Å²) in [6.45, 7) is 6.22. The fraction of sp³-hybridized carbons (Fsp3) is 0.390. The second kappa shape index (κ2) is 20.4. The summed E-state index contributed by atoms with van der Waals surface area (Å²) in [7, 11) is 0. The number of aryl methyl sites for hydroxylation is 3. The molecule has 4 unspecified atom stereocenters. The molecule has 70 heavy (non-hydrogen) atoms. The van der Waals surface area contributed by atoms with Gasteiger partial charge in [-0.1, -0.05) is 70.7 Å². The van der Waals surface area contributed by atoms with Crippen molar-refractivity contribution in [2.75, 3.05) is 0 Å². The number of primary amides is 4. The van der Waals surface area contributed by atoms with Gasteiger partial charge in [0.25, 0.3) is 0 Å². The third-order valence-corrected chi connectivity index (χ3v) is 17.1. The van der Waals surface area contributed by atoms with E-state index in [-0.39, 0.29) is 47.3 Å². The molecule has 8 aliphatic carbocycles. The minimum absolute atomic E-state index is 0.0218. The number of halogens is 3. The molecule has 4 amide bonds. The van der Waals surface area contributed by atoms with Crippen LogP contribution in [0.25, 0.3) is 22.3 Å². The first-order chi connectivity index (χ1) is 33.5. The van der Waals surface area contributed by atoms with Crippen LogP contribution in [0, 0.1) is 44.4 Å². The summed E-state index contributed by atoms with van der Waals surface area (Å²) < 4.78 is 0. The summed E-state index contributed by atoms with van der Waals surface area (Å²) in [5, 5.41) is 2.35. The van der Waals surface area contributed by atoms with Gasteiger partial charge in [-0.05, 0) is 254 Å². The summed E-state index contributed by atoms with van der Waals surface area (Å²) >= 11 is 18.4. The maximum absolute atomic E-state index is 11.6. The zero-order valence-corrected chi connectivity index (χ0v) is 42.7. The number of rotatable bonds is 4. The van der Waals surface area contributed by atoms with Crippen molar-refractivity contribution in [2.45, 2.75) is 124 Å². The molecule has 0 aliphatic heterocycles. The van der Waals surface area contributed by atoms with E-state index < -0.39 is 0 Å². The standard InChI is InChI=1S/2C15H16ClNO.C15H17NO.C14H14ClNO/c1-8-5-9-6-13-10(12(9)7-14(8)16)3-2-4-11(13)15(17)18;1-8-5-9(16)6-13-10-3-2-4-11(15(17)18)14(10)7-12(8)13;1-9-5-6-10-8-14-11(13(10)7-9)3-2-4-12(14)15(16)17;15-9-5-4-8-6-13-10(12(8)7-9)2-1-3-11(13)14(16)17/h5,7,11H,2-4,6H2,1H3,(H2,17,18);5-6,11H,2-4,7H2,1H3,(H2,17,18);5-7,12H,2-4,8H2,1H3,(H2,16,17);4-5,7,11H,1-3,6H2,(H2,16,17). The lowest BCUT2D eigenvalue weighted by Gasteiger charge is -2.22. The Labute approximate surface area is 427 Å². The van der Waals surface area contributed by atoms with Gasteiger partial charge >= 0.3 is 0 Å². The number of carbonyl (C=O) groups is 4. The van der Waals surface area contributed by atoms with Gasteiger partial charge in [0.2, 0.25) is 23.6 Å². The van der Waals surface area contributed by atoms with Crippen molar-refractivity contribution in [3.05, 3.63) is 159 Å². The Bertz CT molecular complexity index is 2920. The largest absolute Gasteiger partial charge is 0.369 e. The van der Waals surface area contributed by atoms with E-state index >= 15 is 0 Å². The molecular formula is C59H63Cl3N4O4. The predicted molar refractivity (Wildman–Crippen MR) is 284 cm³/mol. The Morgan fingerprint density at radius 1 is 0.429 bits per heavy atom. The number of hydrogen-bond donors (Lipinski definition) is 4. The van der Waals surface area contributed by atoms with E-state index in [1.54, 1.807) is 0 Å². The second-order valence-electron chi connectivity index (χ2n) is 20.6. The van der Waals surface area contributed by atoms with Crippen LogP contribution in [0.5, 0.6) is 0 Å². The smallest absolute Gasteiger partial charge is 0.224 e. The quantitative estimate of drug-likeness (QED) is 0.159. The third kappa shape index (κ3) is 9.68. The van der Waals surface area contributed by atoms with E-state index in [0.29, 0.717) is 0 Å². The van der Waals surface area contributed by atoms with Crippen LogP contribution >= 0.6 is 34.8 Å². The summed E-state index contributed by atoms with van der Waals surface area (Å²) in [4.78, 5) is 46.1. The molecule has 4 aromatic carbocycles. The lowest BCUT2D eigenvalue weighted by molar-refractivity contribution is -0.121. The molecule has 0 bridgehead atoms. The number of benzene rings is 4. The lowest BCUT2D eigenvalue weighted by atomic mass is 9.82. The van der Waals surface area contributed by atoms with Crippen molar-refractivity contribution in [1.29, 1.82) is 0 Å². The third-order valence-electron chi connectivity index (χ3n) is 16.3. The van der Waals surface area contributed by atoms with Crippen LogP contribution in [-0.2, 0) is 44.9 Å². The Morgan fingerprint density at radius 3 is 1.31 bits per heavy atom. The van der Waals surface area contributed by atoms with Crippen LogP contribution in [0.15, 0.2) is 83.0 Å². The van der Waals surface area contributed by atoms with E-state index in [2.05, 4.69) is 50.2 Å². The van der Waals surface area contributed by atoms with Crippen LogP contribution in [0.4, 0.5) is 0 Å². The van der Waals surface area contributed by atoms with Gasteiger partial charge in [0, 0.05) is 15.1 Å². The molecule has 8 aliphatic rings. The molecule has 8 N–H and O–H groups in total. The van der Waals surface area contributed by atoms with Gasteiger partial charge in [-0.2, -0.15) is 0 Å². The molecular weight excluding hydrogens is 935 g/mol. The highest BCUT2D eigenvalue weighted by atomic mass is 35.5. The topological polar surface area (TPSA) is 172 Å². The molecule has 0 saturated heterocycles. The molecule has 11 heteroatoms. The number of amides is 4. The van der Waals surface area contributed by atoms with Crippen molar-refractivity contribution in [3.8, 4) is 0 Å². The minimum atomic E-state index is -0.184. The number of carbonyl (C=O) groups excluding carboxylic acids is 4. The average Bonchev–Trinajstić information content (AvgIpc) is 4.09. The molecule has 4 atom stereocenters. The zero-order valence-electron chi connectivity index (χ0n) is 40.5. The molecule has 0 saturated carbocycles.